The van der Waals surface area contributed by atoms with Crippen LogP contribution in [-0.2, 0) is 0 Å². The van der Waals surface area contributed by atoms with Crippen LogP contribution in [0.4, 0.5) is 19.0 Å². The van der Waals surface area contributed by atoms with Gasteiger partial charge in [0.2, 0.25) is 0 Å². The molecule has 1 aliphatic heterocycles. The molecule has 1 fully saturated rings. The molecule has 8 heteroatoms. The first-order valence-corrected chi connectivity index (χ1v) is 7.61. The summed E-state index contributed by atoms with van der Waals surface area (Å²) in [5.74, 6) is -3.20. The van der Waals surface area contributed by atoms with Gasteiger partial charge in [0.1, 0.15) is 11.6 Å². The Morgan fingerprint density at radius 1 is 1.24 bits per heavy atom. The molecule has 25 heavy (non-hydrogen) atoms. The molecule has 2 aromatic heterocycles. The van der Waals surface area contributed by atoms with E-state index in [9.17, 15) is 13.2 Å². The molecule has 5 nitrogen and oxygen atoms in total. The van der Waals surface area contributed by atoms with Crippen molar-refractivity contribution in [2.75, 3.05) is 11.4 Å². The Balaban J connectivity index is 1.79. The van der Waals surface area contributed by atoms with Gasteiger partial charge in [0.25, 0.3) is 5.92 Å². The second-order valence-corrected chi connectivity index (χ2v) is 6.01. The van der Waals surface area contributed by atoms with Crippen LogP contribution >= 0.6 is 0 Å². The molecule has 0 amide bonds. The highest BCUT2D eigenvalue weighted by Gasteiger charge is 2.46. The van der Waals surface area contributed by atoms with Crippen LogP contribution in [0.15, 0.2) is 42.7 Å². The fourth-order valence-electron chi connectivity index (χ4n) is 3.19. The van der Waals surface area contributed by atoms with Crippen molar-refractivity contribution in [1.82, 2.24) is 14.6 Å². The minimum absolute atomic E-state index is 0.101. The molecule has 0 aliphatic carbocycles. The molecule has 1 saturated heterocycles. The zero-order valence-corrected chi connectivity index (χ0v) is 12.9. The van der Waals surface area contributed by atoms with E-state index in [0.29, 0.717) is 17.0 Å². The topological polar surface area (TPSA) is 57.2 Å². The smallest absolute Gasteiger partial charge is 0.267 e. The minimum Gasteiger partial charge on any atom is -0.343 e. The first-order valence-electron chi connectivity index (χ1n) is 7.61. The molecule has 0 radical (unpaired) electrons. The molecule has 0 N–H and O–H groups in total. The number of halogens is 3. The summed E-state index contributed by atoms with van der Waals surface area (Å²) in [6.07, 6.45) is 2.73. The zero-order chi connectivity index (χ0) is 17.6. The van der Waals surface area contributed by atoms with E-state index in [-0.39, 0.29) is 5.56 Å². The molecule has 126 valence electrons. The molecule has 0 saturated carbocycles. The van der Waals surface area contributed by atoms with Gasteiger partial charge in [-0.25, -0.2) is 22.7 Å². The van der Waals surface area contributed by atoms with Crippen molar-refractivity contribution in [1.29, 1.82) is 5.26 Å². The summed E-state index contributed by atoms with van der Waals surface area (Å²) in [7, 11) is 0. The lowest BCUT2D eigenvalue weighted by Crippen LogP contribution is -2.27. The second-order valence-electron chi connectivity index (χ2n) is 6.01. The maximum Gasteiger partial charge on any atom is 0.267 e. The Hall–Kier alpha value is -3.08. The number of hydrogen-bond donors (Lipinski definition) is 0. The van der Waals surface area contributed by atoms with Crippen molar-refractivity contribution < 1.29 is 13.2 Å². The molecular weight excluding hydrogens is 331 g/mol. The van der Waals surface area contributed by atoms with Crippen molar-refractivity contribution in [2.45, 2.75) is 18.4 Å². The van der Waals surface area contributed by atoms with Gasteiger partial charge in [0.05, 0.1) is 30.4 Å². The van der Waals surface area contributed by atoms with Crippen molar-refractivity contribution in [3.8, 4) is 6.07 Å². The summed E-state index contributed by atoms with van der Waals surface area (Å²) in [6, 6.07) is 8.07. The number of nitrogens with zero attached hydrogens (tertiary/aromatic N) is 5. The van der Waals surface area contributed by atoms with Crippen LogP contribution in [0, 0.1) is 17.1 Å². The van der Waals surface area contributed by atoms with Crippen LogP contribution in [0.25, 0.3) is 5.65 Å². The van der Waals surface area contributed by atoms with Crippen LogP contribution in [0.2, 0.25) is 0 Å². The van der Waals surface area contributed by atoms with E-state index in [1.165, 1.54) is 21.5 Å². The van der Waals surface area contributed by atoms with E-state index in [0.717, 1.165) is 6.07 Å². The lowest BCUT2D eigenvalue weighted by molar-refractivity contribution is 0.0222. The van der Waals surface area contributed by atoms with Gasteiger partial charge in [-0.05, 0) is 29.8 Å². The van der Waals surface area contributed by atoms with Crippen LogP contribution in [0.1, 0.15) is 23.6 Å². The van der Waals surface area contributed by atoms with Gasteiger partial charge in [0, 0.05) is 18.7 Å². The number of nitriles is 1. The Bertz CT molecular complexity index is 991. The third-order valence-electron chi connectivity index (χ3n) is 4.24. The fraction of sp³-hybridized carbons (Fsp3) is 0.235. The SMILES string of the molecule is N#Cc1cc(F)cc([C@H]2CC(F)(F)CN2c2ccn3nccc3n2)c1. The summed E-state index contributed by atoms with van der Waals surface area (Å²) in [5, 5.41) is 13.0. The quantitative estimate of drug-likeness (QED) is 0.716. The van der Waals surface area contributed by atoms with Crippen molar-refractivity contribution >= 4 is 11.5 Å². The number of benzene rings is 1. The highest BCUT2D eigenvalue weighted by molar-refractivity contribution is 5.51. The van der Waals surface area contributed by atoms with Gasteiger partial charge < -0.3 is 4.90 Å². The largest absolute Gasteiger partial charge is 0.343 e. The molecule has 0 unspecified atom stereocenters. The standard InChI is InChI=1S/C17H12F3N5/c18-13-6-11(9-21)5-12(7-13)14-8-17(19,20)10-24(14)15-2-4-25-16(23-15)1-3-22-25/h1-7,14H,8,10H2/t14-/m1/s1. The molecule has 0 spiro atoms. The van der Waals surface area contributed by atoms with E-state index >= 15 is 0 Å². The fourth-order valence-corrected chi connectivity index (χ4v) is 3.19. The Morgan fingerprint density at radius 3 is 2.88 bits per heavy atom. The van der Waals surface area contributed by atoms with E-state index < -0.39 is 30.7 Å². The number of alkyl halides is 2. The second kappa shape index (κ2) is 5.48. The predicted molar refractivity (Wildman–Crippen MR) is 83.8 cm³/mol. The molecule has 0 bridgehead atoms. The van der Waals surface area contributed by atoms with Gasteiger partial charge in [-0.3, -0.25) is 0 Å². The van der Waals surface area contributed by atoms with Crippen molar-refractivity contribution in [2.24, 2.45) is 0 Å². The highest BCUT2D eigenvalue weighted by atomic mass is 19.3. The molecule has 1 aromatic carbocycles. The van der Waals surface area contributed by atoms with Crippen LogP contribution in [0.5, 0.6) is 0 Å². The lowest BCUT2D eigenvalue weighted by Gasteiger charge is -2.25. The van der Waals surface area contributed by atoms with Gasteiger partial charge >= 0.3 is 0 Å². The predicted octanol–water partition coefficient (Wildman–Crippen LogP) is 3.33. The van der Waals surface area contributed by atoms with Gasteiger partial charge in [-0.1, -0.05) is 0 Å². The lowest BCUT2D eigenvalue weighted by atomic mass is 10.0. The highest BCUT2D eigenvalue weighted by Crippen LogP contribution is 2.43. The van der Waals surface area contributed by atoms with Crippen LogP contribution in [0.3, 0.4) is 0 Å². The number of fused-ring (bicyclic) bond motifs is 1. The summed E-state index contributed by atoms with van der Waals surface area (Å²) in [6.45, 7) is -0.520. The molecular formula is C17H12F3N5. The van der Waals surface area contributed by atoms with E-state index in [2.05, 4.69) is 10.1 Å². The molecule has 1 atom stereocenters. The molecule has 3 heterocycles. The number of hydrogen-bond acceptors (Lipinski definition) is 4. The summed E-state index contributed by atoms with van der Waals surface area (Å²) in [4.78, 5) is 5.81. The van der Waals surface area contributed by atoms with Crippen molar-refractivity contribution in [3.05, 3.63) is 59.7 Å². The number of anilines is 1. The molecule has 4 rings (SSSR count). The molecule has 3 aromatic rings. The van der Waals surface area contributed by atoms with Crippen LogP contribution in [-0.4, -0.2) is 27.1 Å². The number of aromatic nitrogens is 3. The monoisotopic (exact) mass is 343 g/mol. The normalized spacial score (nSPS) is 19.3. The zero-order valence-electron chi connectivity index (χ0n) is 12.9. The summed E-state index contributed by atoms with van der Waals surface area (Å²) in [5.41, 5.74) is 0.969. The first kappa shape index (κ1) is 15.4. The maximum atomic E-state index is 14.1. The summed E-state index contributed by atoms with van der Waals surface area (Å²) >= 11 is 0. The van der Waals surface area contributed by atoms with Gasteiger partial charge in [-0.2, -0.15) is 10.4 Å². The van der Waals surface area contributed by atoms with E-state index in [4.69, 9.17) is 5.26 Å². The van der Waals surface area contributed by atoms with E-state index in [1.54, 1.807) is 24.5 Å². The van der Waals surface area contributed by atoms with Gasteiger partial charge in [0.15, 0.2) is 5.65 Å². The maximum absolute atomic E-state index is 14.1. The average molecular weight is 343 g/mol. The summed E-state index contributed by atoms with van der Waals surface area (Å²) < 4.78 is 43.5. The molecule has 1 aliphatic rings. The van der Waals surface area contributed by atoms with E-state index in [1.807, 2.05) is 6.07 Å². The Morgan fingerprint density at radius 2 is 2.08 bits per heavy atom. The van der Waals surface area contributed by atoms with Crippen LogP contribution < -0.4 is 4.90 Å². The van der Waals surface area contributed by atoms with Gasteiger partial charge in [-0.15, -0.1) is 0 Å². The Kier molecular flexibility index (Phi) is 3.39. The number of rotatable bonds is 2. The van der Waals surface area contributed by atoms with Crippen molar-refractivity contribution in [3.63, 3.8) is 0 Å². The average Bonchev–Trinajstić information content (AvgIpc) is 3.17. The minimum atomic E-state index is -2.93. The third-order valence-corrected chi connectivity index (χ3v) is 4.24. The third kappa shape index (κ3) is 2.78. The Labute approximate surface area is 140 Å². The first-order chi connectivity index (χ1) is 11.9.